The highest BCUT2D eigenvalue weighted by Gasteiger charge is 2.40. The second kappa shape index (κ2) is 9.14. The number of hydrogen-bond acceptors (Lipinski definition) is 4. The summed E-state index contributed by atoms with van der Waals surface area (Å²) in [7, 11) is -3.81. The van der Waals surface area contributed by atoms with Gasteiger partial charge in [0.25, 0.3) is 5.56 Å². The molecule has 1 fully saturated rings. The number of fused-ring (bicyclic) bond motifs is 4. The molecule has 0 aliphatic carbocycles. The number of sulfonamides is 1. The molecule has 1 saturated heterocycles. The molecule has 1 aromatic heterocycles. The van der Waals surface area contributed by atoms with Crippen molar-refractivity contribution in [3.63, 3.8) is 0 Å². The van der Waals surface area contributed by atoms with Crippen molar-refractivity contribution < 1.29 is 26.4 Å². The molecular weight excluding hydrogens is 507 g/mol. The van der Waals surface area contributed by atoms with E-state index in [2.05, 4.69) is 5.32 Å². The van der Waals surface area contributed by atoms with E-state index in [0.29, 0.717) is 11.4 Å². The summed E-state index contributed by atoms with van der Waals surface area (Å²) in [6.45, 7) is 2.06. The maximum atomic E-state index is 13.4. The lowest BCUT2D eigenvalue weighted by Gasteiger charge is -2.42. The lowest BCUT2D eigenvalue weighted by molar-refractivity contribution is -0.137. The first kappa shape index (κ1) is 25.2. The van der Waals surface area contributed by atoms with E-state index in [4.69, 9.17) is 0 Å². The third-order valence-electron chi connectivity index (χ3n) is 6.88. The molecule has 3 heterocycles. The first-order valence-corrected chi connectivity index (χ1v) is 13.2. The molecule has 11 heteroatoms. The van der Waals surface area contributed by atoms with Gasteiger partial charge in [-0.25, -0.2) is 8.42 Å². The fraction of sp³-hybridized carbons (Fsp3) is 0.308. The van der Waals surface area contributed by atoms with Gasteiger partial charge in [-0.1, -0.05) is 12.1 Å². The third-order valence-corrected chi connectivity index (χ3v) is 8.73. The van der Waals surface area contributed by atoms with Crippen LogP contribution < -0.4 is 10.9 Å². The molecule has 1 N–H and O–H groups in total. The minimum Gasteiger partial charge on any atom is -0.326 e. The number of benzene rings is 2. The first-order chi connectivity index (χ1) is 17.4. The smallest absolute Gasteiger partial charge is 0.326 e. The van der Waals surface area contributed by atoms with Gasteiger partial charge in [-0.05, 0) is 66.4 Å². The van der Waals surface area contributed by atoms with Crippen LogP contribution in [0.5, 0.6) is 0 Å². The van der Waals surface area contributed by atoms with E-state index in [1.54, 1.807) is 10.6 Å². The molecule has 2 unspecified atom stereocenters. The van der Waals surface area contributed by atoms with Crippen LogP contribution in [-0.4, -0.2) is 36.3 Å². The molecular formula is C26H24F3N3O4S. The topological polar surface area (TPSA) is 88.5 Å². The summed E-state index contributed by atoms with van der Waals surface area (Å²) in [6, 6.07) is 13.9. The SMILES string of the molecule is CC(=O)Nc1ccc(S(=O)(=O)N2CC3CC(C2)c2ccc(-c4cccc(C(F)(F)F)c4)c(=O)n2C3)cc1. The zero-order valence-electron chi connectivity index (χ0n) is 19.8. The molecule has 7 nitrogen and oxygen atoms in total. The van der Waals surface area contributed by atoms with Crippen LogP contribution >= 0.6 is 0 Å². The van der Waals surface area contributed by atoms with Crippen molar-refractivity contribution in [2.45, 2.75) is 36.9 Å². The number of hydrogen-bond donors (Lipinski definition) is 1. The highest BCUT2D eigenvalue weighted by molar-refractivity contribution is 7.89. The Morgan fingerprint density at radius 2 is 1.73 bits per heavy atom. The van der Waals surface area contributed by atoms with Gasteiger partial charge >= 0.3 is 6.18 Å². The minimum absolute atomic E-state index is 0.110. The Morgan fingerprint density at radius 1 is 1.00 bits per heavy atom. The Labute approximate surface area is 211 Å². The molecule has 0 spiro atoms. The molecule has 2 aliphatic rings. The van der Waals surface area contributed by atoms with Crippen LogP contribution in [0.3, 0.4) is 0 Å². The Balaban J connectivity index is 1.43. The predicted octanol–water partition coefficient (Wildman–Crippen LogP) is 4.30. The summed E-state index contributed by atoms with van der Waals surface area (Å²) in [5.41, 5.74) is 0.340. The van der Waals surface area contributed by atoms with E-state index in [1.165, 1.54) is 53.7 Å². The van der Waals surface area contributed by atoms with Gasteiger partial charge in [0.05, 0.1) is 10.5 Å². The predicted molar refractivity (Wildman–Crippen MR) is 131 cm³/mol. The average molecular weight is 532 g/mol. The van der Waals surface area contributed by atoms with Crippen molar-refractivity contribution in [3.8, 4) is 11.1 Å². The van der Waals surface area contributed by atoms with Gasteiger partial charge in [0.2, 0.25) is 15.9 Å². The van der Waals surface area contributed by atoms with Crippen LogP contribution in [0.2, 0.25) is 0 Å². The van der Waals surface area contributed by atoms with E-state index in [1.807, 2.05) is 0 Å². The van der Waals surface area contributed by atoms with Crippen molar-refractivity contribution in [2.75, 3.05) is 18.4 Å². The van der Waals surface area contributed by atoms with Gasteiger partial charge < -0.3 is 9.88 Å². The van der Waals surface area contributed by atoms with E-state index in [9.17, 15) is 31.2 Å². The van der Waals surface area contributed by atoms with E-state index in [0.717, 1.165) is 18.6 Å². The minimum atomic E-state index is -4.52. The van der Waals surface area contributed by atoms with Gasteiger partial charge in [0.1, 0.15) is 0 Å². The second-order valence-electron chi connectivity index (χ2n) is 9.49. The molecule has 2 aliphatic heterocycles. The monoisotopic (exact) mass is 531 g/mol. The molecule has 0 radical (unpaired) electrons. The van der Waals surface area contributed by atoms with E-state index < -0.39 is 21.8 Å². The van der Waals surface area contributed by atoms with Crippen molar-refractivity contribution in [1.29, 1.82) is 0 Å². The summed E-state index contributed by atoms with van der Waals surface area (Å²) in [5, 5.41) is 2.60. The van der Waals surface area contributed by atoms with Gasteiger partial charge in [-0.3, -0.25) is 9.59 Å². The standard InChI is InChI=1S/C26H24F3N3O4S/c1-16(33)30-21-5-7-22(8-6-21)37(35,36)31-13-17-11-19(15-31)24-10-9-23(25(34)32(24)14-17)18-3-2-4-20(12-18)26(27,28)29/h2-10,12,17,19H,11,13-15H2,1H3,(H,30,33). The van der Waals surface area contributed by atoms with E-state index >= 15 is 0 Å². The maximum Gasteiger partial charge on any atom is 0.416 e. The maximum absolute atomic E-state index is 13.4. The highest BCUT2D eigenvalue weighted by atomic mass is 32.2. The molecule has 37 heavy (non-hydrogen) atoms. The number of pyridine rings is 1. The van der Waals surface area contributed by atoms with Crippen molar-refractivity contribution in [2.24, 2.45) is 5.92 Å². The normalized spacial score (nSPS) is 19.8. The fourth-order valence-electron chi connectivity index (χ4n) is 5.24. The number of nitrogens with zero attached hydrogens (tertiary/aromatic N) is 2. The van der Waals surface area contributed by atoms with Crippen LogP contribution in [0.15, 0.2) is 70.4 Å². The quantitative estimate of drug-likeness (QED) is 0.544. The van der Waals surface area contributed by atoms with Crippen molar-refractivity contribution >= 4 is 21.6 Å². The molecule has 2 bridgehead atoms. The lowest BCUT2D eigenvalue weighted by Crippen LogP contribution is -2.49. The van der Waals surface area contributed by atoms with Gasteiger partial charge in [-0.2, -0.15) is 17.5 Å². The van der Waals surface area contributed by atoms with Crippen molar-refractivity contribution in [1.82, 2.24) is 8.87 Å². The van der Waals surface area contributed by atoms with Crippen LogP contribution in [0.1, 0.15) is 30.5 Å². The summed E-state index contributed by atoms with van der Waals surface area (Å²) >= 11 is 0. The number of nitrogens with one attached hydrogen (secondary N) is 1. The molecule has 3 aromatic rings. The molecule has 2 atom stereocenters. The van der Waals surface area contributed by atoms with Crippen LogP contribution in [0, 0.1) is 5.92 Å². The zero-order valence-corrected chi connectivity index (χ0v) is 20.6. The van der Waals surface area contributed by atoms with Crippen LogP contribution in [0.25, 0.3) is 11.1 Å². The fourth-order valence-corrected chi connectivity index (χ4v) is 6.80. The number of halogens is 3. The molecule has 194 valence electrons. The van der Waals surface area contributed by atoms with Gasteiger partial charge in [0, 0.05) is 49.4 Å². The molecule has 2 aromatic carbocycles. The molecule has 0 saturated carbocycles. The highest BCUT2D eigenvalue weighted by Crippen LogP contribution is 2.38. The number of amides is 1. The number of alkyl halides is 3. The number of piperidine rings is 1. The van der Waals surface area contributed by atoms with Gasteiger partial charge in [-0.15, -0.1) is 0 Å². The summed E-state index contributed by atoms with van der Waals surface area (Å²) in [4.78, 5) is 24.7. The Kier molecular flexibility index (Phi) is 6.23. The van der Waals surface area contributed by atoms with E-state index in [-0.39, 0.29) is 59.0 Å². The number of carbonyl (C=O) groups excluding carboxylic acids is 1. The summed E-state index contributed by atoms with van der Waals surface area (Å²) in [5.74, 6) is -0.595. The number of carbonyl (C=O) groups is 1. The van der Waals surface area contributed by atoms with Crippen LogP contribution in [0.4, 0.5) is 18.9 Å². The summed E-state index contributed by atoms with van der Waals surface area (Å²) < 4.78 is 69.3. The van der Waals surface area contributed by atoms with Crippen LogP contribution in [-0.2, 0) is 27.5 Å². The van der Waals surface area contributed by atoms with Gasteiger partial charge in [0.15, 0.2) is 0 Å². The Morgan fingerprint density at radius 3 is 2.41 bits per heavy atom. The van der Waals surface area contributed by atoms with Crippen molar-refractivity contribution in [3.05, 3.63) is 82.3 Å². The summed E-state index contributed by atoms with van der Waals surface area (Å²) in [6.07, 6.45) is -3.80. The number of aromatic nitrogens is 1. The Hall–Kier alpha value is -3.44. The Bertz CT molecular complexity index is 1530. The third kappa shape index (κ3) is 4.80. The lowest BCUT2D eigenvalue weighted by atomic mass is 9.84. The number of rotatable bonds is 4. The largest absolute Gasteiger partial charge is 0.416 e. The molecule has 5 rings (SSSR count). The zero-order chi connectivity index (χ0) is 26.5. The average Bonchev–Trinajstić information content (AvgIpc) is 2.84. The molecule has 1 amide bonds. The number of anilines is 1. The first-order valence-electron chi connectivity index (χ1n) is 11.7. The second-order valence-corrected chi connectivity index (χ2v) is 11.4.